The number of aliphatic hydroxyl groups is 9. The highest BCUT2D eigenvalue weighted by Gasteiger charge is 2.20. The summed E-state index contributed by atoms with van der Waals surface area (Å²) in [7, 11) is 0. The number of nitrogens with zero attached hydrogens (tertiary/aromatic N) is 1. The first-order valence-corrected chi connectivity index (χ1v) is 17.0. The highest BCUT2D eigenvalue weighted by atomic mass is 16.3. The summed E-state index contributed by atoms with van der Waals surface area (Å²) >= 11 is 0. The van der Waals surface area contributed by atoms with Gasteiger partial charge >= 0.3 is 0 Å². The van der Waals surface area contributed by atoms with Crippen molar-refractivity contribution in [2.75, 3.05) is 6.54 Å². The Labute approximate surface area is 280 Å². The maximum atomic E-state index is 10.5. The van der Waals surface area contributed by atoms with E-state index >= 15 is 0 Å². The van der Waals surface area contributed by atoms with E-state index in [1.54, 1.807) is 12.2 Å². The largest absolute Gasteiger partial charge is 0.393 e. The second kappa shape index (κ2) is 25.0. The first-order chi connectivity index (χ1) is 22.3. The molecule has 11 nitrogen and oxygen atoms in total. The van der Waals surface area contributed by atoms with Crippen LogP contribution in [0.2, 0.25) is 0 Å². The first kappa shape index (κ1) is 43.0. The summed E-state index contributed by atoms with van der Waals surface area (Å²) in [6.45, 7) is 5.02. The molecule has 9 unspecified atom stereocenters. The van der Waals surface area contributed by atoms with Crippen molar-refractivity contribution in [1.29, 1.82) is 0 Å². The molecular weight excluding hydrogens is 604 g/mol. The third-order valence-electron chi connectivity index (χ3n) is 7.90. The number of benzene rings is 1. The predicted molar refractivity (Wildman–Crippen MR) is 185 cm³/mol. The number of aliphatic hydroxyl groups excluding tert-OH is 9. The Morgan fingerprint density at radius 1 is 0.638 bits per heavy atom. The Bertz CT molecular complexity index is 1010. The maximum Gasteiger partial charge on any atom is 0.0745 e. The van der Waals surface area contributed by atoms with Gasteiger partial charge in [-0.1, -0.05) is 68.5 Å². The van der Waals surface area contributed by atoms with E-state index in [1.807, 2.05) is 44.2 Å². The SMILES string of the molecule is CC(C)/C(CC(O)CC(O)CC(O)/C=C/CC(O)CC(O)CC(O)CC(O)/C=C/CC(O)CC(O)CCCN)=N/Cc1ccccc1. The van der Waals surface area contributed by atoms with E-state index in [0.29, 0.717) is 32.4 Å². The van der Waals surface area contributed by atoms with Crippen LogP contribution < -0.4 is 5.73 Å². The molecule has 0 spiro atoms. The zero-order valence-corrected chi connectivity index (χ0v) is 28.2. The Kier molecular flexibility index (Phi) is 22.9. The van der Waals surface area contributed by atoms with Crippen molar-refractivity contribution < 1.29 is 46.0 Å². The molecule has 11 N–H and O–H groups in total. The normalized spacial score (nSPS) is 18.7. The highest BCUT2D eigenvalue weighted by molar-refractivity contribution is 5.86. The monoisotopic (exact) mass is 666 g/mol. The number of rotatable bonds is 26. The van der Waals surface area contributed by atoms with E-state index in [-0.39, 0.29) is 57.3 Å². The van der Waals surface area contributed by atoms with Crippen LogP contribution in [0.5, 0.6) is 0 Å². The lowest BCUT2D eigenvalue weighted by Crippen LogP contribution is -2.26. The molecule has 0 heterocycles. The predicted octanol–water partition coefficient (Wildman–Crippen LogP) is 1.89. The number of aliphatic imine (C=N–C) groups is 1. The van der Waals surface area contributed by atoms with E-state index in [1.165, 1.54) is 12.2 Å². The molecule has 0 aliphatic heterocycles. The van der Waals surface area contributed by atoms with E-state index in [2.05, 4.69) is 4.99 Å². The van der Waals surface area contributed by atoms with E-state index in [9.17, 15) is 46.0 Å². The van der Waals surface area contributed by atoms with Gasteiger partial charge in [0.25, 0.3) is 0 Å². The summed E-state index contributed by atoms with van der Waals surface area (Å²) in [6.07, 6.45) is 0.161. The molecule has 1 aromatic carbocycles. The van der Waals surface area contributed by atoms with Gasteiger partial charge in [-0.05, 0) is 69.4 Å². The molecule has 0 aromatic heterocycles. The lowest BCUT2D eigenvalue weighted by Gasteiger charge is -2.20. The molecule has 0 fully saturated rings. The minimum Gasteiger partial charge on any atom is -0.393 e. The van der Waals surface area contributed by atoms with Gasteiger partial charge in [0.15, 0.2) is 0 Å². The molecular formula is C36H62N2O9. The van der Waals surface area contributed by atoms with E-state index in [0.717, 1.165) is 11.3 Å². The van der Waals surface area contributed by atoms with Crippen LogP contribution in [0.1, 0.15) is 90.0 Å². The van der Waals surface area contributed by atoms with Gasteiger partial charge in [0, 0.05) is 25.0 Å². The van der Waals surface area contributed by atoms with E-state index < -0.39 is 54.9 Å². The maximum absolute atomic E-state index is 10.5. The smallest absolute Gasteiger partial charge is 0.0745 e. The molecule has 11 heteroatoms. The summed E-state index contributed by atoms with van der Waals surface area (Å²) in [4.78, 5) is 4.67. The molecule has 270 valence electrons. The van der Waals surface area contributed by atoms with Crippen LogP contribution in [0, 0.1) is 5.92 Å². The molecule has 0 saturated carbocycles. The first-order valence-electron chi connectivity index (χ1n) is 17.0. The molecule has 0 aliphatic rings. The lowest BCUT2D eigenvalue weighted by atomic mass is 9.96. The van der Waals surface area contributed by atoms with Crippen molar-refractivity contribution in [3.8, 4) is 0 Å². The van der Waals surface area contributed by atoms with Crippen LogP contribution in [0.4, 0.5) is 0 Å². The third-order valence-corrected chi connectivity index (χ3v) is 7.90. The van der Waals surface area contributed by atoms with Gasteiger partial charge in [-0.25, -0.2) is 0 Å². The number of hydrogen-bond donors (Lipinski definition) is 10. The van der Waals surface area contributed by atoms with Crippen LogP contribution in [0.3, 0.4) is 0 Å². The van der Waals surface area contributed by atoms with Crippen molar-refractivity contribution in [2.24, 2.45) is 16.6 Å². The standard InChI is InChI=1S/C36H62N2O9/c1-25(2)36(38-24-26-9-4-3-5-10-26)23-35(47)22-34(46)20-30(42)14-7-13-29(41)19-33(45)21-32(44)18-28(40)12-6-11-27(39)17-31(43)15-8-16-37/h3-7,9-10,12,14,25,27-35,39-47H,8,11,13,15-24,37H2,1-2H3/b12-6+,14-7+,38-36+. The van der Waals surface area contributed by atoms with Gasteiger partial charge < -0.3 is 51.7 Å². The summed E-state index contributed by atoms with van der Waals surface area (Å²) < 4.78 is 0. The Morgan fingerprint density at radius 2 is 1.11 bits per heavy atom. The van der Waals surface area contributed by atoms with Crippen molar-refractivity contribution in [3.63, 3.8) is 0 Å². The summed E-state index contributed by atoms with van der Waals surface area (Å²) in [6, 6.07) is 9.84. The van der Waals surface area contributed by atoms with Crippen LogP contribution in [-0.2, 0) is 6.54 Å². The Balaban J connectivity index is 2.33. The second-order valence-corrected chi connectivity index (χ2v) is 13.0. The fourth-order valence-electron chi connectivity index (χ4n) is 5.29. The van der Waals surface area contributed by atoms with Crippen LogP contribution >= 0.6 is 0 Å². The minimum atomic E-state index is -1.01. The van der Waals surface area contributed by atoms with Gasteiger partial charge in [0.1, 0.15) is 0 Å². The Morgan fingerprint density at radius 3 is 1.62 bits per heavy atom. The van der Waals surface area contributed by atoms with Crippen LogP contribution in [-0.4, -0.2) is 113 Å². The molecule has 0 amide bonds. The van der Waals surface area contributed by atoms with Gasteiger partial charge in [-0.3, -0.25) is 4.99 Å². The van der Waals surface area contributed by atoms with Gasteiger partial charge in [-0.2, -0.15) is 0 Å². The summed E-state index contributed by atoms with van der Waals surface area (Å²) in [5, 5.41) is 92.0. The molecule has 47 heavy (non-hydrogen) atoms. The van der Waals surface area contributed by atoms with Crippen LogP contribution in [0.25, 0.3) is 0 Å². The Hall–Kier alpha value is -2.03. The third kappa shape index (κ3) is 22.3. The molecule has 0 aliphatic carbocycles. The minimum absolute atomic E-state index is 0.0130. The van der Waals surface area contributed by atoms with Gasteiger partial charge in [-0.15, -0.1) is 0 Å². The fraction of sp³-hybridized carbons (Fsp3) is 0.694. The molecule has 0 radical (unpaired) electrons. The zero-order chi connectivity index (χ0) is 35.2. The lowest BCUT2D eigenvalue weighted by molar-refractivity contribution is 0.0260. The highest BCUT2D eigenvalue weighted by Crippen LogP contribution is 2.16. The number of hydrogen-bond acceptors (Lipinski definition) is 11. The second-order valence-electron chi connectivity index (χ2n) is 13.0. The summed E-state index contributed by atoms with van der Waals surface area (Å²) in [5.41, 5.74) is 7.35. The molecule has 0 bridgehead atoms. The van der Waals surface area contributed by atoms with Crippen LogP contribution in [0.15, 0.2) is 59.6 Å². The van der Waals surface area contributed by atoms with Crippen molar-refractivity contribution >= 4 is 5.71 Å². The van der Waals surface area contributed by atoms with Crippen molar-refractivity contribution in [3.05, 3.63) is 60.2 Å². The average molecular weight is 667 g/mol. The number of nitrogens with two attached hydrogens (primary N) is 1. The summed E-state index contributed by atoms with van der Waals surface area (Å²) in [5.74, 6) is 0.144. The van der Waals surface area contributed by atoms with Crippen molar-refractivity contribution in [1.82, 2.24) is 0 Å². The van der Waals surface area contributed by atoms with Crippen molar-refractivity contribution in [2.45, 2.75) is 146 Å². The van der Waals surface area contributed by atoms with E-state index in [4.69, 9.17) is 5.73 Å². The topological polar surface area (TPSA) is 220 Å². The molecule has 0 saturated heterocycles. The average Bonchev–Trinajstić information content (AvgIpc) is 2.98. The molecule has 1 rings (SSSR count). The molecule has 9 atom stereocenters. The zero-order valence-electron chi connectivity index (χ0n) is 28.2. The van der Waals surface area contributed by atoms with Gasteiger partial charge in [0.05, 0.1) is 61.5 Å². The molecule has 1 aromatic rings. The quantitative estimate of drug-likeness (QED) is 0.0511. The fourth-order valence-corrected chi connectivity index (χ4v) is 5.29. The van der Waals surface area contributed by atoms with Gasteiger partial charge in [0.2, 0.25) is 0 Å².